The van der Waals surface area contributed by atoms with Gasteiger partial charge in [0, 0.05) is 64.8 Å². The van der Waals surface area contributed by atoms with Crippen molar-refractivity contribution in [3.05, 3.63) is 120 Å². The number of benzene rings is 3. The molecular weight excluding hydrogens is 536 g/mol. The van der Waals surface area contributed by atoms with Gasteiger partial charge in [-0.15, -0.1) is 0 Å². The van der Waals surface area contributed by atoms with Crippen LogP contribution in [0.15, 0.2) is 97.3 Å². The van der Waals surface area contributed by atoms with Gasteiger partial charge in [-0.05, 0) is 86.4 Å². The molecule has 0 unspecified atom stereocenters. The lowest BCUT2D eigenvalue weighted by molar-refractivity contribution is -0.111. The van der Waals surface area contributed by atoms with Crippen LogP contribution in [0.2, 0.25) is 0 Å². The molecule has 1 fully saturated rings. The van der Waals surface area contributed by atoms with E-state index in [1.807, 2.05) is 61.7 Å². The van der Waals surface area contributed by atoms with Crippen LogP contribution in [0.25, 0.3) is 22.2 Å². The lowest BCUT2D eigenvalue weighted by Gasteiger charge is -2.11. The van der Waals surface area contributed by atoms with Gasteiger partial charge in [0.25, 0.3) is 5.91 Å². The minimum Gasteiger partial charge on any atom is -0.360 e. The summed E-state index contributed by atoms with van der Waals surface area (Å²) in [5.74, 6) is 0.817. The monoisotopic (exact) mass is 570 g/mol. The van der Waals surface area contributed by atoms with E-state index < -0.39 is 0 Å². The summed E-state index contributed by atoms with van der Waals surface area (Å²) in [7, 11) is 3.87. The van der Waals surface area contributed by atoms with Crippen molar-refractivity contribution in [1.29, 1.82) is 0 Å². The van der Waals surface area contributed by atoms with Gasteiger partial charge in [0.15, 0.2) is 0 Å². The maximum absolute atomic E-state index is 13.0. The largest absolute Gasteiger partial charge is 0.360 e. The number of aromatic amines is 1. The van der Waals surface area contributed by atoms with Crippen LogP contribution in [0, 0.1) is 0 Å². The van der Waals surface area contributed by atoms with Crippen LogP contribution in [0.1, 0.15) is 46.1 Å². The number of carbonyl (C=O) groups is 2. The van der Waals surface area contributed by atoms with Gasteiger partial charge < -0.3 is 20.5 Å². The van der Waals surface area contributed by atoms with E-state index in [9.17, 15) is 9.59 Å². The fourth-order valence-corrected chi connectivity index (χ4v) is 5.09. The number of nitrogens with zero attached hydrogens (tertiary/aromatic N) is 3. The van der Waals surface area contributed by atoms with Gasteiger partial charge in [0.1, 0.15) is 5.82 Å². The predicted molar refractivity (Wildman–Crippen MR) is 171 cm³/mol. The second-order valence-electron chi connectivity index (χ2n) is 11.2. The van der Waals surface area contributed by atoms with Crippen molar-refractivity contribution in [2.24, 2.45) is 0 Å². The van der Waals surface area contributed by atoms with Crippen molar-refractivity contribution < 1.29 is 9.59 Å². The van der Waals surface area contributed by atoms with Crippen molar-refractivity contribution in [3.63, 3.8) is 0 Å². The average molecular weight is 571 g/mol. The van der Waals surface area contributed by atoms with Gasteiger partial charge in [-0.3, -0.25) is 9.59 Å². The maximum atomic E-state index is 13.0. The summed E-state index contributed by atoms with van der Waals surface area (Å²) in [6.07, 6.45) is 10.2. The number of nitrogens with one attached hydrogen (secondary N) is 3. The van der Waals surface area contributed by atoms with E-state index in [4.69, 9.17) is 9.97 Å². The fraction of sp³-hybridized carbons (Fsp3) is 0.200. The summed E-state index contributed by atoms with van der Waals surface area (Å²) in [6.45, 7) is 0.680. The van der Waals surface area contributed by atoms with Crippen LogP contribution in [0.3, 0.4) is 0 Å². The second-order valence-corrected chi connectivity index (χ2v) is 11.2. The van der Waals surface area contributed by atoms with Crippen molar-refractivity contribution in [3.8, 4) is 11.3 Å². The highest BCUT2D eigenvalue weighted by Crippen LogP contribution is 2.44. The first-order chi connectivity index (χ1) is 20.9. The van der Waals surface area contributed by atoms with Crippen LogP contribution in [-0.4, -0.2) is 52.3 Å². The number of hydrogen-bond donors (Lipinski definition) is 3. The van der Waals surface area contributed by atoms with E-state index in [1.165, 1.54) is 24.5 Å². The Balaban J connectivity index is 1.13. The third-order valence-corrected chi connectivity index (χ3v) is 7.43. The normalized spacial score (nSPS) is 13.1. The lowest BCUT2D eigenvalue weighted by Crippen LogP contribution is -2.14. The van der Waals surface area contributed by atoms with E-state index in [0.717, 1.165) is 33.5 Å². The molecule has 8 heteroatoms. The highest BCUT2D eigenvalue weighted by atomic mass is 16.2. The molecule has 3 N–H and O–H groups in total. The molecule has 0 aliphatic heterocycles. The number of rotatable bonds is 10. The van der Waals surface area contributed by atoms with E-state index >= 15 is 0 Å². The number of amides is 2. The zero-order valence-corrected chi connectivity index (χ0v) is 24.3. The molecular formula is C35H34N6O2. The molecule has 1 aliphatic rings. The quantitative estimate of drug-likeness (QED) is 0.169. The lowest BCUT2D eigenvalue weighted by atomic mass is 10.0. The third kappa shape index (κ3) is 6.88. The molecule has 43 heavy (non-hydrogen) atoms. The first-order valence-corrected chi connectivity index (χ1v) is 14.5. The molecule has 0 atom stereocenters. The minimum absolute atomic E-state index is 0.212. The highest BCUT2D eigenvalue weighted by molar-refractivity contribution is 6.05. The molecule has 0 spiro atoms. The Morgan fingerprint density at radius 2 is 1.79 bits per heavy atom. The van der Waals surface area contributed by atoms with Crippen molar-refractivity contribution in [2.75, 3.05) is 31.3 Å². The molecule has 2 amide bonds. The number of anilines is 2. The van der Waals surface area contributed by atoms with Crippen LogP contribution in [-0.2, 0) is 11.2 Å². The molecule has 6 rings (SSSR count). The van der Waals surface area contributed by atoms with Gasteiger partial charge in [0.2, 0.25) is 5.91 Å². The van der Waals surface area contributed by atoms with Crippen LogP contribution < -0.4 is 10.6 Å². The van der Waals surface area contributed by atoms with Crippen molar-refractivity contribution in [2.45, 2.75) is 25.2 Å². The number of para-hydroxylation sites is 1. The van der Waals surface area contributed by atoms with E-state index in [0.29, 0.717) is 35.8 Å². The Morgan fingerprint density at radius 3 is 2.58 bits per heavy atom. The molecule has 216 valence electrons. The second kappa shape index (κ2) is 12.4. The zero-order valence-electron chi connectivity index (χ0n) is 24.3. The first kappa shape index (κ1) is 28.1. The molecule has 0 saturated heterocycles. The summed E-state index contributed by atoms with van der Waals surface area (Å²) < 4.78 is 0. The summed E-state index contributed by atoms with van der Waals surface area (Å²) in [6, 6.07) is 22.9. The SMILES string of the molecule is CN(C)C/C=C/C(=O)Nc1ccc(C(=O)Nc2cccc(Cc3ncc(C4CC4)c(-c4c[nH]c5ccccc45)n3)c2)cc1. The molecule has 0 bridgehead atoms. The van der Waals surface area contributed by atoms with Crippen LogP contribution >= 0.6 is 0 Å². The summed E-state index contributed by atoms with van der Waals surface area (Å²) in [5.41, 5.74) is 7.22. The Kier molecular flexibility index (Phi) is 8.11. The molecule has 3 aromatic carbocycles. The number of likely N-dealkylation sites (N-methyl/N-ethyl adjacent to an activating group) is 1. The molecule has 1 aliphatic carbocycles. The fourth-order valence-electron chi connectivity index (χ4n) is 5.09. The summed E-state index contributed by atoms with van der Waals surface area (Å²) in [4.78, 5) is 40.2. The number of carbonyl (C=O) groups excluding carboxylic acids is 2. The molecule has 1 saturated carbocycles. The van der Waals surface area contributed by atoms with Gasteiger partial charge in [-0.1, -0.05) is 36.4 Å². The van der Waals surface area contributed by atoms with Gasteiger partial charge >= 0.3 is 0 Å². The molecule has 5 aromatic rings. The summed E-state index contributed by atoms with van der Waals surface area (Å²) >= 11 is 0. The molecule has 2 aromatic heterocycles. The summed E-state index contributed by atoms with van der Waals surface area (Å²) in [5, 5.41) is 6.95. The van der Waals surface area contributed by atoms with Crippen molar-refractivity contribution >= 4 is 34.1 Å². The van der Waals surface area contributed by atoms with Gasteiger partial charge in [-0.25, -0.2) is 9.97 Å². The van der Waals surface area contributed by atoms with Gasteiger partial charge in [-0.2, -0.15) is 0 Å². The highest BCUT2D eigenvalue weighted by Gasteiger charge is 2.28. The Bertz CT molecular complexity index is 1800. The molecule has 2 heterocycles. The topological polar surface area (TPSA) is 103 Å². The van der Waals surface area contributed by atoms with Crippen LogP contribution in [0.4, 0.5) is 11.4 Å². The number of hydrogen-bond acceptors (Lipinski definition) is 5. The predicted octanol–water partition coefficient (Wildman–Crippen LogP) is 6.40. The Morgan fingerprint density at radius 1 is 0.977 bits per heavy atom. The van der Waals surface area contributed by atoms with Crippen molar-refractivity contribution in [1.82, 2.24) is 19.9 Å². The van der Waals surface area contributed by atoms with E-state index in [1.54, 1.807) is 30.3 Å². The molecule has 0 radical (unpaired) electrons. The van der Waals surface area contributed by atoms with Gasteiger partial charge in [0.05, 0.1) is 5.69 Å². The molecule has 8 nitrogen and oxygen atoms in total. The Labute approximate surface area is 250 Å². The standard InChI is InChI=1S/C35H34N6O2/c1-41(2)18-6-11-33(42)38-26-16-14-25(15-17-26)35(43)39-27-8-5-7-23(19-27)20-32-37-21-29(24-12-13-24)34(40-32)30-22-36-31-10-4-3-9-28(30)31/h3-11,14-17,19,21-22,24,36H,12-13,18,20H2,1-2H3,(H,38,42)(H,39,43)/b11-6+. The minimum atomic E-state index is -0.229. The third-order valence-electron chi connectivity index (χ3n) is 7.43. The Hall–Kier alpha value is -5.08. The maximum Gasteiger partial charge on any atom is 0.255 e. The average Bonchev–Trinajstić information content (AvgIpc) is 3.75. The zero-order chi connectivity index (χ0) is 29.8. The van der Waals surface area contributed by atoms with E-state index in [2.05, 4.69) is 33.8 Å². The van der Waals surface area contributed by atoms with E-state index in [-0.39, 0.29) is 11.8 Å². The smallest absolute Gasteiger partial charge is 0.255 e. The first-order valence-electron chi connectivity index (χ1n) is 14.5. The van der Waals surface area contributed by atoms with Crippen LogP contribution in [0.5, 0.6) is 0 Å². The number of H-pyrrole nitrogens is 1. The number of aromatic nitrogens is 3. The number of fused-ring (bicyclic) bond motifs is 1.